The molecule has 110 valence electrons. The minimum Gasteiger partial charge on any atom is -0.355 e. The van der Waals surface area contributed by atoms with Gasteiger partial charge < -0.3 is 10.6 Å². The summed E-state index contributed by atoms with van der Waals surface area (Å²) in [6.45, 7) is 0.619. The first-order valence-electron chi connectivity index (χ1n) is 6.75. The molecule has 0 radical (unpaired) electrons. The van der Waals surface area contributed by atoms with E-state index in [9.17, 15) is 13.2 Å². The van der Waals surface area contributed by atoms with E-state index in [2.05, 4.69) is 10.6 Å². The maximum absolute atomic E-state index is 11.5. The van der Waals surface area contributed by atoms with Crippen LogP contribution in [0.25, 0.3) is 0 Å². The first-order valence-corrected chi connectivity index (χ1v) is 8.57. The van der Waals surface area contributed by atoms with E-state index < -0.39 is 9.84 Å². The van der Waals surface area contributed by atoms with E-state index in [1.54, 1.807) is 19.2 Å². The number of carbonyl (C=O) groups excluding carboxylic acids is 1. The largest absolute Gasteiger partial charge is 0.355 e. The van der Waals surface area contributed by atoms with E-state index >= 15 is 0 Å². The van der Waals surface area contributed by atoms with Gasteiger partial charge in [0.25, 0.3) is 5.91 Å². The van der Waals surface area contributed by atoms with E-state index in [4.69, 9.17) is 0 Å². The summed E-state index contributed by atoms with van der Waals surface area (Å²) >= 11 is 0. The molecule has 1 aliphatic heterocycles. The number of hydrogen-bond donors (Lipinski definition) is 2. The molecule has 1 atom stereocenters. The van der Waals surface area contributed by atoms with Crippen molar-refractivity contribution in [2.75, 3.05) is 18.6 Å². The molecule has 0 saturated carbocycles. The van der Waals surface area contributed by atoms with Gasteiger partial charge in [0, 0.05) is 25.2 Å². The normalized spacial score (nSPS) is 21.4. The van der Waals surface area contributed by atoms with Gasteiger partial charge >= 0.3 is 0 Å². The zero-order valence-electron chi connectivity index (χ0n) is 11.6. The van der Waals surface area contributed by atoms with E-state index in [-0.39, 0.29) is 17.7 Å². The number of amides is 1. The molecule has 0 aromatic heterocycles. The van der Waals surface area contributed by atoms with Crippen molar-refractivity contribution in [2.45, 2.75) is 25.4 Å². The summed E-state index contributed by atoms with van der Waals surface area (Å²) in [4.78, 5) is 11.4. The van der Waals surface area contributed by atoms with Gasteiger partial charge in [-0.1, -0.05) is 12.1 Å². The van der Waals surface area contributed by atoms with Gasteiger partial charge in [0.05, 0.1) is 11.5 Å². The van der Waals surface area contributed by atoms with Crippen LogP contribution in [0.3, 0.4) is 0 Å². The van der Waals surface area contributed by atoms with Gasteiger partial charge in [-0.15, -0.1) is 0 Å². The van der Waals surface area contributed by atoms with Crippen LogP contribution in [0.1, 0.15) is 28.8 Å². The van der Waals surface area contributed by atoms with Crippen LogP contribution < -0.4 is 10.6 Å². The molecule has 1 fully saturated rings. The van der Waals surface area contributed by atoms with Crippen molar-refractivity contribution in [3.8, 4) is 0 Å². The average molecular weight is 296 g/mol. The Morgan fingerprint density at radius 2 is 2.00 bits per heavy atom. The predicted molar refractivity (Wildman–Crippen MR) is 78.3 cm³/mol. The van der Waals surface area contributed by atoms with Crippen LogP contribution in [0.4, 0.5) is 0 Å². The summed E-state index contributed by atoms with van der Waals surface area (Å²) in [6.07, 6.45) is 1.63. The second kappa shape index (κ2) is 6.37. The van der Waals surface area contributed by atoms with Crippen molar-refractivity contribution in [3.05, 3.63) is 35.4 Å². The SMILES string of the molecule is CNC(=O)c1ccc(CNC2CCCS(=O)(=O)C2)cc1. The molecular weight excluding hydrogens is 276 g/mol. The standard InChI is InChI=1S/C14H20N2O3S/c1-15-14(17)12-6-4-11(5-7-12)9-16-13-3-2-8-20(18,19)10-13/h4-7,13,16H,2-3,8-10H2,1H3,(H,15,17). The molecule has 1 unspecified atom stereocenters. The molecule has 0 spiro atoms. The van der Waals surface area contributed by atoms with Crippen LogP contribution in [-0.2, 0) is 16.4 Å². The van der Waals surface area contributed by atoms with Gasteiger partial charge in [0.2, 0.25) is 0 Å². The van der Waals surface area contributed by atoms with Gasteiger partial charge in [0.1, 0.15) is 0 Å². The maximum atomic E-state index is 11.5. The summed E-state index contributed by atoms with van der Waals surface area (Å²) in [6, 6.07) is 7.34. The van der Waals surface area contributed by atoms with Crippen molar-refractivity contribution in [1.29, 1.82) is 0 Å². The summed E-state index contributed by atoms with van der Waals surface area (Å²) < 4.78 is 23.1. The Balaban J connectivity index is 1.89. The van der Waals surface area contributed by atoms with Gasteiger partial charge in [-0.25, -0.2) is 8.42 Å². The lowest BCUT2D eigenvalue weighted by Gasteiger charge is -2.23. The van der Waals surface area contributed by atoms with Crippen molar-refractivity contribution in [1.82, 2.24) is 10.6 Å². The highest BCUT2D eigenvalue weighted by atomic mass is 32.2. The van der Waals surface area contributed by atoms with Crippen LogP contribution in [0.2, 0.25) is 0 Å². The molecule has 20 heavy (non-hydrogen) atoms. The van der Waals surface area contributed by atoms with Crippen LogP contribution in [0, 0.1) is 0 Å². The van der Waals surface area contributed by atoms with Gasteiger partial charge in [-0.3, -0.25) is 4.79 Å². The number of nitrogens with one attached hydrogen (secondary N) is 2. The van der Waals surface area contributed by atoms with Gasteiger partial charge in [0.15, 0.2) is 9.84 Å². The van der Waals surface area contributed by atoms with E-state index in [0.717, 1.165) is 18.4 Å². The monoisotopic (exact) mass is 296 g/mol. The molecule has 1 aromatic carbocycles. The summed E-state index contributed by atoms with van der Waals surface area (Å²) in [5.74, 6) is 0.429. The quantitative estimate of drug-likeness (QED) is 0.858. The molecule has 2 rings (SSSR count). The summed E-state index contributed by atoms with van der Waals surface area (Å²) in [7, 11) is -1.27. The average Bonchev–Trinajstić information content (AvgIpc) is 2.44. The first kappa shape index (κ1) is 15.0. The Labute approximate surface area is 119 Å². The van der Waals surface area contributed by atoms with Crippen molar-refractivity contribution < 1.29 is 13.2 Å². The first-order chi connectivity index (χ1) is 9.50. The molecule has 6 heteroatoms. The third kappa shape index (κ3) is 4.05. The zero-order valence-corrected chi connectivity index (χ0v) is 12.4. The van der Waals surface area contributed by atoms with Crippen LogP contribution in [0.5, 0.6) is 0 Å². The van der Waals surface area contributed by atoms with Crippen molar-refractivity contribution in [3.63, 3.8) is 0 Å². The number of hydrogen-bond acceptors (Lipinski definition) is 4. The fourth-order valence-corrected chi connectivity index (χ4v) is 4.04. The Kier molecular flexibility index (Phi) is 4.77. The number of carbonyl (C=O) groups is 1. The third-order valence-electron chi connectivity index (χ3n) is 3.50. The minimum absolute atomic E-state index is 0.0346. The number of sulfone groups is 1. The molecular formula is C14H20N2O3S. The topological polar surface area (TPSA) is 75.3 Å². The van der Waals surface area contributed by atoms with Crippen LogP contribution in [-0.4, -0.2) is 38.9 Å². The maximum Gasteiger partial charge on any atom is 0.251 e. The highest BCUT2D eigenvalue weighted by Gasteiger charge is 2.24. The van der Waals surface area contributed by atoms with Gasteiger partial charge in [-0.05, 0) is 30.5 Å². The zero-order chi connectivity index (χ0) is 14.6. The molecule has 0 bridgehead atoms. The second-order valence-electron chi connectivity index (χ2n) is 5.11. The Bertz CT molecular complexity index is 567. The van der Waals surface area contributed by atoms with Gasteiger partial charge in [-0.2, -0.15) is 0 Å². The number of benzene rings is 1. The number of rotatable bonds is 4. The lowest BCUT2D eigenvalue weighted by molar-refractivity contribution is 0.0963. The summed E-state index contributed by atoms with van der Waals surface area (Å²) in [5.41, 5.74) is 1.66. The molecule has 1 saturated heterocycles. The third-order valence-corrected chi connectivity index (χ3v) is 5.32. The van der Waals surface area contributed by atoms with Crippen LogP contribution >= 0.6 is 0 Å². The highest BCUT2D eigenvalue weighted by Crippen LogP contribution is 2.13. The Morgan fingerprint density at radius 3 is 2.60 bits per heavy atom. The Morgan fingerprint density at radius 1 is 1.30 bits per heavy atom. The predicted octanol–water partition coefficient (Wildman–Crippen LogP) is 0.713. The van der Waals surface area contributed by atoms with Crippen LogP contribution in [0.15, 0.2) is 24.3 Å². The molecule has 1 amide bonds. The molecule has 5 nitrogen and oxygen atoms in total. The fraction of sp³-hybridized carbons (Fsp3) is 0.500. The van der Waals surface area contributed by atoms with E-state index in [1.807, 2.05) is 12.1 Å². The minimum atomic E-state index is -2.87. The molecule has 1 aliphatic rings. The fourth-order valence-electron chi connectivity index (χ4n) is 2.36. The smallest absolute Gasteiger partial charge is 0.251 e. The molecule has 1 aromatic rings. The van der Waals surface area contributed by atoms with Crippen molar-refractivity contribution in [2.24, 2.45) is 0 Å². The molecule has 1 heterocycles. The lowest BCUT2D eigenvalue weighted by atomic mass is 10.1. The highest BCUT2D eigenvalue weighted by molar-refractivity contribution is 7.91. The van der Waals surface area contributed by atoms with E-state index in [1.165, 1.54) is 0 Å². The molecule has 0 aliphatic carbocycles. The lowest BCUT2D eigenvalue weighted by Crippen LogP contribution is -2.39. The van der Waals surface area contributed by atoms with Crippen molar-refractivity contribution >= 4 is 15.7 Å². The summed E-state index contributed by atoms with van der Waals surface area (Å²) in [5, 5.41) is 5.85. The molecule has 2 N–H and O–H groups in total. The Hall–Kier alpha value is -1.40. The van der Waals surface area contributed by atoms with E-state index in [0.29, 0.717) is 17.9 Å². The second-order valence-corrected chi connectivity index (χ2v) is 7.34.